The molecule has 130 valence electrons. The fourth-order valence-corrected chi connectivity index (χ4v) is 2.81. The van der Waals surface area contributed by atoms with Gasteiger partial charge in [-0.1, -0.05) is 35.5 Å². The van der Waals surface area contributed by atoms with Crippen molar-refractivity contribution < 1.29 is 14.4 Å². The van der Waals surface area contributed by atoms with Crippen LogP contribution >= 0.6 is 0 Å². The largest absolute Gasteiger partial charge is 0.391 e. The summed E-state index contributed by atoms with van der Waals surface area (Å²) in [5.74, 6) is -0.276. The van der Waals surface area contributed by atoms with Gasteiger partial charge in [-0.15, -0.1) is 0 Å². The standard InChI is InChI=1S/C19H21N3O3/c1-11-9-15(17-13(3)22-25-19(17)20-11)18(24)21-12(2)16(23)10-14-7-5-4-6-8-14/h4-9,12,16,23H,10H2,1-3H3,(H,21,24). The second kappa shape index (κ2) is 7.03. The van der Waals surface area contributed by atoms with Crippen LogP contribution in [0.3, 0.4) is 0 Å². The Balaban J connectivity index is 1.77. The van der Waals surface area contributed by atoms with E-state index in [0.29, 0.717) is 34.5 Å². The van der Waals surface area contributed by atoms with Gasteiger partial charge in [0.1, 0.15) is 0 Å². The van der Waals surface area contributed by atoms with Gasteiger partial charge in [-0.2, -0.15) is 0 Å². The van der Waals surface area contributed by atoms with Crippen LogP contribution in [0.25, 0.3) is 11.1 Å². The molecule has 2 aromatic heterocycles. The van der Waals surface area contributed by atoms with Crippen LogP contribution in [0.4, 0.5) is 0 Å². The number of pyridine rings is 1. The van der Waals surface area contributed by atoms with Gasteiger partial charge < -0.3 is 14.9 Å². The molecule has 0 saturated carbocycles. The summed E-state index contributed by atoms with van der Waals surface area (Å²) >= 11 is 0. The Labute approximate surface area is 145 Å². The topological polar surface area (TPSA) is 88.2 Å². The van der Waals surface area contributed by atoms with Crippen molar-refractivity contribution in [2.75, 3.05) is 0 Å². The van der Waals surface area contributed by atoms with Crippen LogP contribution in [0.2, 0.25) is 0 Å². The maximum absolute atomic E-state index is 12.7. The summed E-state index contributed by atoms with van der Waals surface area (Å²) in [4.78, 5) is 17.0. The van der Waals surface area contributed by atoms with Crippen LogP contribution in [0.5, 0.6) is 0 Å². The van der Waals surface area contributed by atoms with Gasteiger partial charge in [-0.05, 0) is 32.4 Å². The van der Waals surface area contributed by atoms with E-state index in [9.17, 15) is 9.90 Å². The van der Waals surface area contributed by atoms with Gasteiger partial charge in [0.15, 0.2) is 0 Å². The number of carbonyl (C=O) groups is 1. The van der Waals surface area contributed by atoms with Gasteiger partial charge in [0, 0.05) is 12.1 Å². The van der Waals surface area contributed by atoms with Crippen molar-refractivity contribution in [3.63, 3.8) is 0 Å². The summed E-state index contributed by atoms with van der Waals surface area (Å²) in [5.41, 5.74) is 3.12. The average molecular weight is 339 g/mol. The molecular weight excluding hydrogens is 318 g/mol. The van der Waals surface area contributed by atoms with Crippen molar-refractivity contribution in [3.8, 4) is 0 Å². The van der Waals surface area contributed by atoms with Crippen LogP contribution in [0, 0.1) is 13.8 Å². The van der Waals surface area contributed by atoms with Crippen molar-refractivity contribution in [1.29, 1.82) is 0 Å². The summed E-state index contributed by atoms with van der Waals surface area (Å²) in [5, 5.41) is 17.7. The van der Waals surface area contributed by atoms with Crippen LogP contribution in [-0.4, -0.2) is 33.3 Å². The molecule has 0 radical (unpaired) electrons. The van der Waals surface area contributed by atoms with Crippen LogP contribution in [-0.2, 0) is 6.42 Å². The van der Waals surface area contributed by atoms with Gasteiger partial charge in [-0.25, -0.2) is 4.98 Å². The molecule has 0 aliphatic carbocycles. The molecule has 2 N–H and O–H groups in total. The third kappa shape index (κ3) is 3.69. The summed E-state index contributed by atoms with van der Waals surface area (Å²) < 4.78 is 5.16. The number of aliphatic hydroxyl groups excluding tert-OH is 1. The minimum absolute atomic E-state index is 0.276. The number of hydrogen-bond acceptors (Lipinski definition) is 5. The second-order valence-electron chi connectivity index (χ2n) is 6.28. The molecule has 0 fully saturated rings. The Kier molecular flexibility index (Phi) is 4.81. The lowest BCUT2D eigenvalue weighted by Gasteiger charge is -2.20. The maximum atomic E-state index is 12.7. The van der Waals surface area contributed by atoms with E-state index in [1.54, 1.807) is 26.8 Å². The molecule has 0 spiro atoms. The van der Waals surface area contributed by atoms with Crippen molar-refractivity contribution in [3.05, 3.63) is 58.9 Å². The Morgan fingerprint density at radius 2 is 2.00 bits per heavy atom. The van der Waals surface area contributed by atoms with Gasteiger partial charge in [0.25, 0.3) is 11.6 Å². The first kappa shape index (κ1) is 17.1. The molecule has 0 saturated heterocycles. The number of nitrogens with one attached hydrogen (secondary N) is 1. The van der Waals surface area contributed by atoms with Gasteiger partial charge in [0.05, 0.1) is 28.8 Å². The SMILES string of the molecule is Cc1cc(C(=O)NC(C)C(O)Cc2ccccc2)c2c(C)noc2n1. The van der Waals surface area contributed by atoms with Gasteiger partial charge in [0.2, 0.25) is 0 Å². The number of fused-ring (bicyclic) bond motifs is 1. The van der Waals surface area contributed by atoms with E-state index in [1.165, 1.54) is 0 Å². The minimum Gasteiger partial charge on any atom is -0.391 e. The first-order chi connectivity index (χ1) is 12.0. The smallest absolute Gasteiger partial charge is 0.258 e. The summed E-state index contributed by atoms with van der Waals surface area (Å²) in [6.07, 6.45) is -0.215. The normalized spacial score (nSPS) is 13.6. The minimum atomic E-state index is -0.687. The van der Waals surface area contributed by atoms with E-state index in [-0.39, 0.29) is 5.91 Å². The van der Waals surface area contributed by atoms with E-state index in [4.69, 9.17) is 4.52 Å². The first-order valence-electron chi connectivity index (χ1n) is 8.22. The highest BCUT2D eigenvalue weighted by Gasteiger charge is 2.22. The number of nitrogens with zero attached hydrogens (tertiary/aromatic N) is 2. The zero-order valence-electron chi connectivity index (χ0n) is 14.5. The molecule has 0 aliphatic rings. The predicted octanol–water partition coefficient (Wildman–Crippen LogP) is 2.56. The molecule has 2 heterocycles. The molecule has 25 heavy (non-hydrogen) atoms. The lowest BCUT2D eigenvalue weighted by molar-refractivity contribution is 0.0853. The van der Waals surface area contributed by atoms with Crippen LogP contribution in [0.15, 0.2) is 40.9 Å². The molecule has 3 rings (SSSR count). The van der Waals surface area contributed by atoms with Crippen molar-refractivity contribution >= 4 is 17.0 Å². The van der Waals surface area contributed by atoms with Gasteiger partial charge in [-0.3, -0.25) is 4.79 Å². The summed E-state index contributed by atoms with van der Waals surface area (Å²) in [6.45, 7) is 5.35. The molecular formula is C19H21N3O3. The van der Waals surface area contributed by atoms with E-state index < -0.39 is 12.1 Å². The van der Waals surface area contributed by atoms with Crippen molar-refractivity contribution in [2.45, 2.75) is 39.3 Å². The number of carbonyl (C=O) groups excluding carboxylic acids is 1. The Hall–Kier alpha value is -2.73. The number of aryl methyl sites for hydroxylation is 2. The lowest BCUT2D eigenvalue weighted by atomic mass is 10.0. The molecule has 0 bridgehead atoms. The highest BCUT2D eigenvalue weighted by molar-refractivity contribution is 6.06. The molecule has 6 nitrogen and oxygen atoms in total. The highest BCUT2D eigenvalue weighted by Crippen LogP contribution is 2.22. The van der Waals surface area contributed by atoms with E-state index >= 15 is 0 Å². The van der Waals surface area contributed by atoms with Crippen LogP contribution < -0.4 is 5.32 Å². The fourth-order valence-electron chi connectivity index (χ4n) is 2.81. The number of amides is 1. The number of aliphatic hydroxyl groups is 1. The zero-order valence-corrected chi connectivity index (χ0v) is 14.5. The third-order valence-electron chi connectivity index (χ3n) is 4.21. The molecule has 1 aromatic carbocycles. The van der Waals surface area contributed by atoms with E-state index in [0.717, 1.165) is 5.56 Å². The Morgan fingerprint density at radius 3 is 2.72 bits per heavy atom. The van der Waals surface area contributed by atoms with Gasteiger partial charge >= 0.3 is 0 Å². The van der Waals surface area contributed by atoms with Crippen molar-refractivity contribution in [1.82, 2.24) is 15.5 Å². The molecule has 2 unspecified atom stereocenters. The molecule has 1 amide bonds. The number of benzene rings is 1. The number of rotatable bonds is 5. The monoisotopic (exact) mass is 339 g/mol. The molecule has 3 aromatic rings. The fraction of sp³-hybridized carbons (Fsp3) is 0.316. The summed E-state index contributed by atoms with van der Waals surface area (Å²) in [6, 6.07) is 11.0. The quantitative estimate of drug-likeness (QED) is 0.746. The second-order valence-corrected chi connectivity index (χ2v) is 6.28. The Bertz CT molecular complexity index is 890. The molecule has 6 heteroatoms. The third-order valence-corrected chi connectivity index (χ3v) is 4.21. The van der Waals surface area contributed by atoms with Crippen LogP contribution in [0.1, 0.15) is 34.2 Å². The number of aromatic nitrogens is 2. The first-order valence-corrected chi connectivity index (χ1v) is 8.22. The zero-order chi connectivity index (χ0) is 18.0. The summed E-state index contributed by atoms with van der Waals surface area (Å²) in [7, 11) is 0. The molecule has 0 aliphatic heterocycles. The maximum Gasteiger partial charge on any atom is 0.258 e. The molecule has 2 atom stereocenters. The van der Waals surface area contributed by atoms with E-state index in [1.807, 2.05) is 30.3 Å². The number of hydrogen-bond donors (Lipinski definition) is 2. The average Bonchev–Trinajstić information content (AvgIpc) is 2.95. The Morgan fingerprint density at radius 1 is 1.28 bits per heavy atom. The lowest BCUT2D eigenvalue weighted by Crippen LogP contribution is -2.42. The van der Waals surface area contributed by atoms with E-state index in [2.05, 4.69) is 15.5 Å². The predicted molar refractivity (Wildman–Crippen MR) is 94.4 cm³/mol. The highest BCUT2D eigenvalue weighted by atomic mass is 16.5. The van der Waals surface area contributed by atoms with Crippen molar-refractivity contribution in [2.24, 2.45) is 0 Å².